The molecule has 0 bridgehead atoms. The fourth-order valence-corrected chi connectivity index (χ4v) is 4.41. The van der Waals surface area contributed by atoms with Gasteiger partial charge >= 0.3 is 6.01 Å². The molecule has 5 heteroatoms. The first-order valence-corrected chi connectivity index (χ1v) is 11.2. The van der Waals surface area contributed by atoms with Crippen molar-refractivity contribution in [3.05, 3.63) is 108 Å². The summed E-state index contributed by atoms with van der Waals surface area (Å²) in [4.78, 5) is 11.1. The Morgan fingerprint density at radius 3 is 2.09 bits per heavy atom. The van der Waals surface area contributed by atoms with E-state index in [2.05, 4.69) is 87.7 Å². The summed E-state index contributed by atoms with van der Waals surface area (Å²) in [6.07, 6.45) is 4.53. The van der Waals surface area contributed by atoms with Crippen LogP contribution < -0.4 is 9.47 Å². The van der Waals surface area contributed by atoms with Crippen LogP contribution >= 0.6 is 0 Å². The van der Waals surface area contributed by atoms with Crippen LogP contribution in [-0.4, -0.2) is 34.6 Å². The van der Waals surface area contributed by atoms with E-state index in [1.54, 1.807) is 7.11 Å². The van der Waals surface area contributed by atoms with Crippen molar-refractivity contribution in [2.24, 2.45) is 0 Å². The highest BCUT2D eigenvalue weighted by atomic mass is 16.5. The summed E-state index contributed by atoms with van der Waals surface area (Å²) in [6.45, 7) is 2.40. The molecule has 1 aromatic heterocycles. The normalized spacial score (nSPS) is 15.0. The minimum Gasteiger partial charge on any atom is -0.492 e. The smallest absolute Gasteiger partial charge is 0.316 e. The summed E-state index contributed by atoms with van der Waals surface area (Å²) in [5, 5.41) is 0. The Kier molecular flexibility index (Phi) is 6.31. The van der Waals surface area contributed by atoms with Crippen LogP contribution in [0.5, 0.6) is 11.8 Å². The van der Waals surface area contributed by atoms with Crippen molar-refractivity contribution < 1.29 is 9.47 Å². The fourth-order valence-electron chi connectivity index (χ4n) is 4.41. The minimum absolute atomic E-state index is 0.248. The monoisotopic (exact) mass is 437 g/mol. The molecule has 0 N–H and O–H groups in total. The number of fused-ring (bicyclic) bond motifs is 1. The molecule has 0 saturated heterocycles. The molecule has 0 spiro atoms. The van der Waals surface area contributed by atoms with E-state index in [1.165, 1.54) is 16.7 Å². The largest absolute Gasteiger partial charge is 0.492 e. The van der Waals surface area contributed by atoms with E-state index in [0.717, 1.165) is 36.4 Å². The number of nitrogens with zero attached hydrogens (tertiary/aromatic N) is 3. The van der Waals surface area contributed by atoms with Crippen LogP contribution in [0.1, 0.15) is 16.7 Å². The number of rotatable bonds is 7. The quantitative estimate of drug-likeness (QED) is 0.400. The zero-order valence-electron chi connectivity index (χ0n) is 18.7. The number of hydrogen-bond acceptors (Lipinski definition) is 5. The van der Waals surface area contributed by atoms with E-state index in [1.807, 2.05) is 18.5 Å². The van der Waals surface area contributed by atoms with E-state index < -0.39 is 0 Å². The zero-order chi connectivity index (χ0) is 22.5. The molecule has 0 radical (unpaired) electrons. The lowest BCUT2D eigenvalue weighted by atomic mass is 9.93. The summed E-state index contributed by atoms with van der Waals surface area (Å²) in [7, 11) is 1.58. The molecule has 5 nitrogen and oxygen atoms in total. The van der Waals surface area contributed by atoms with Gasteiger partial charge in [0.05, 0.1) is 7.11 Å². The van der Waals surface area contributed by atoms with Crippen molar-refractivity contribution >= 4 is 0 Å². The molecule has 2 heterocycles. The van der Waals surface area contributed by atoms with Crippen LogP contribution in [0.2, 0.25) is 0 Å². The van der Waals surface area contributed by atoms with Crippen LogP contribution in [0, 0.1) is 0 Å². The van der Waals surface area contributed by atoms with E-state index in [-0.39, 0.29) is 6.04 Å². The molecule has 4 aromatic rings. The summed E-state index contributed by atoms with van der Waals surface area (Å²) < 4.78 is 11.4. The molecule has 1 atom stereocenters. The van der Waals surface area contributed by atoms with Crippen molar-refractivity contribution in [3.63, 3.8) is 0 Å². The standard InChI is InChI=1S/C28H27N3O2/c1-32-28-29-16-23(17-30-28)25-13-8-14-27-26(25)15-24(20-33-27)31(18-21-9-4-2-5-10-21)19-22-11-6-3-7-12-22/h2-14,16-17,24H,15,18-20H2,1H3. The Hall–Kier alpha value is -3.70. The van der Waals surface area contributed by atoms with E-state index in [0.29, 0.717) is 12.6 Å². The molecule has 1 aliphatic heterocycles. The van der Waals surface area contributed by atoms with Crippen molar-refractivity contribution in [2.45, 2.75) is 25.6 Å². The second kappa shape index (κ2) is 9.84. The fraction of sp³-hybridized carbons (Fsp3) is 0.214. The molecular formula is C28H27N3O2. The third kappa shape index (κ3) is 4.89. The van der Waals surface area contributed by atoms with Gasteiger partial charge in [-0.25, -0.2) is 9.97 Å². The van der Waals surface area contributed by atoms with Gasteiger partial charge in [0, 0.05) is 42.7 Å². The Balaban J connectivity index is 1.45. The van der Waals surface area contributed by atoms with Crippen molar-refractivity contribution in [1.82, 2.24) is 14.9 Å². The molecule has 3 aromatic carbocycles. The highest BCUT2D eigenvalue weighted by Crippen LogP contribution is 2.35. The van der Waals surface area contributed by atoms with E-state index in [9.17, 15) is 0 Å². The van der Waals surface area contributed by atoms with Gasteiger partial charge in [0.1, 0.15) is 12.4 Å². The maximum Gasteiger partial charge on any atom is 0.316 e. The molecule has 0 aliphatic carbocycles. The zero-order valence-corrected chi connectivity index (χ0v) is 18.7. The van der Waals surface area contributed by atoms with E-state index in [4.69, 9.17) is 9.47 Å². The third-order valence-electron chi connectivity index (χ3n) is 6.10. The Morgan fingerprint density at radius 2 is 1.48 bits per heavy atom. The lowest BCUT2D eigenvalue weighted by Gasteiger charge is -2.36. The topological polar surface area (TPSA) is 47.5 Å². The van der Waals surface area contributed by atoms with Gasteiger partial charge in [-0.15, -0.1) is 0 Å². The van der Waals surface area contributed by atoms with E-state index >= 15 is 0 Å². The predicted molar refractivity (Wildman–Crippen MR) is 129 cm³/mol. The van der Waals surface area contributed by atoms with Gasteiger partial charge < -0.3 is 9.47 Å². The highest BCUT2D eigenvalue weighted by molar-refractivity contribution is 5.69. The summed E-state index contributed by atoms with van der Waals surface area (Å²) in [6, 6.07) is 28.1. The SMILES string of the molecule is COc1ncc(-c2cccc3c2CC(N(Cc2ccccc2)Cc2ccccc2)CO3)cn1. The first-order valence-electron chi connectivity index (χ1n) is 11.2. The lowest BCUT2D eigenvalue weighted by molar-refractivity contribution is 0.106. The van der Waals surface area contributed by atoms with Gasteiger partial charge in [-0.3, -0.25) is 4.90 Å². The summed E-state index contributed by atoms with van der Waals surface area (Å²) in [5.74, 6) is 0.943. The molecule has 0 amide bonds. The molecular weight excluding hydrogens is 410 g/mol. The Bertz CT molecular complexity index is 1140. The molecule has 1 unspecified atom stereocenters. The maximum absolute atomic E-state index is 6.29. The van der Waals surface area contributed by atoms with Crippen LogP contribution in [0.25, 0.3) is 11.1 Å². The Labute approximate surface area is 194 Å². The van der Waals surface area contributed by atoms with Crippen LogP contribution in [0.3, 0.4) is 0 Å². The van der Waals surface area contributed by atoms with Gasteiger partial charge in [-0.05, 0) is 29.2 Å². The van der Waals surface area contributed by atoms with Crippen LogP contribution in [0.15, 0.2) is 91.3 Å². The summed E-state index contributed by atoms with van der Waals surface area (Å²) in [5.41, 5.74) is 5.88. The average molecular weight is 438 g/mol. The molecule has 0 fully saturated rings. The van der Waals surface area contributed by atoms with Crippen molar-refractivity contribution in [2.75, 3.05) is 13.7 Å². The van der Waals surface area contributed by atoms with Crippen molar-refractivity contribution in [1.29, 1.82) is 0 Å². The summed E-state index contributed by atoms with van der Waals surface area (Å²) >= 11 is 0. The number of hydrogen-bond donors (Lipinski definition) is 0. The molecule has 5 rings (SSSR count). The molecule has 0 saturated carbocycles. The lowest BCUT2D eigenvalue weighted by Crippen LogP contribution is -2.42. The van der Waals surface area contributed by atoms with Crippen molar-refractivity contribution in [3.8, 4) is 22.9 Å². The van der Waals surface area contributed by atoms with Gasteiger partial charge in [0.25, 0.3) is 0 Å². The first kappa shape index (κ1) is 21.2. The number of methoxy groups -OCH3 is 1. The Morgan fingerprint density at radius 1 is 0.848 bits per heavy atom. The molecule has 33 heavy (non-hydrogen) atoms. The predicted octanol–water partition coefficient (Wildman–Crippen LogP) is 5.16. The van der Waals surface area contributed by atoms with Gasteiger partial charge in [0.2, 0.25) is 0 Å². The van der Waals surface area contributed by atoms with Crippen LogP contribution in [0.4, 0.5) is 0 Å². The second-order valence-electron chi connectivity index (χ2n) is 8.29. The minimum atomic E-state index is 0.248. The number of ether oxygens (including phenoxy) is 2. The second-order valence-corrected chi connectivity index (χ2v) is 8.29. The molecule has 1 aliphatic rings. The maximum atomic E-state index is 6.29. The highest BCUT2D eigenvalue weighted by Gasteiger charge is 2.28. The van der Waals surface area contributed by atoms with Crippen LogP contribution in [-0.2, 0) is 19.5 Å². The average Bonchev–Trinajstić information content (AvgIpc) is 2.89. The van der Waals surface area contributed by atoms with Gasteiger partial charge in [-0.2, -0.15) is 0 Å². The molecule has 166 valence electrons. The third-order valence-corrected chi connectivity index (χ3v) is 6.10. The number of aromatic nitrogens is 2. The first-order chi connectivity index (χ1) is 16.3. The van der Waals surface area contributed by atoms with Gasteiger partial charge in [-0.1, -0.05) is 72.8 Å². The van der Waals surface area contributed by atoms with Gasteiger partial charge in [0.15, 0.2) is 0 Å². The number of benzene rings is 3.